The fraction of sp³-hybridized carbons (Fsp3) is 0.0417. The Bertz CT molecular complexity index is 1400. The highest BCUT2D eigenvalue weighted by Crippen LogP contribution is 2.27. The molecule has 0 atom stereocenters. The van der Waals surface area contributed by atoms with E-state index in [1.807, 2.05) is 66.7 Å². The number of hydrogen-bond acceptors (Lipinski definition) is 5. The van der Waals surface area contributed by atoms with Gasteiger partial charge in [-0.15, -0.1) is 0 Å². The van der Waals surface area contributed by atoms with E-state index in [2.05, 4.69) is 20.0 Å². The van der Waals surface area contributed by atoms with E-state index in [-0.39, 0.29) is 5.56 Å². The molecule has 8 heteroatoms. The maximum absolute atomic E-state index is 12.5. The van der Waals surface area contributed by atoms with Gasteiger partial charge in [-0.1, -0.05) is 89.7 Å². The van der Waals surface area contributed by atoms with Gasteiger partial charge in [0.1, 0.15) is 11.6 Å². The SMILES string of the molecule is N#Cc1c(-c2ccc(-c3ccccc3)cc2)nc(SCc2cccc(N=[N+]=[N-])c2)[nH]c1=O. The normalized spacial score (nSPS) is 10.2. The lowest BCUT2D eigenvalue weighted by Gasteiger charge is -2.08. The molecule has 0 bridgehead atoms. The molecular weight excluding hydrogens is 420 g/mol. The summed E-state index contributed by atoms with van der Waals surface area (Å²) in [5.74, 6) is 0.510. The minimum Gasteiger partial charge on any atom is -0.300 e. The molecule has 0 aliphatic carbocycles. The van der Waals surface area contributed by atoms with Crippen molar-refractivity contribution in [2.75, 3.05) is 0 Å². The van der Waals surface area contributed by atoms with Crippen LogP contribution in [0.4, 0.5) is 5.69 Å². The molecule has 0 fully saturated rings. The summed E-state index contributed by atoms with van der Waals surface area (Å²) < 4.78 is 0. The Morgan fingerprint density at radius 1 is 1.00 bits per heavy atom. The highest BCUT2D eigenvalue weighted by molar-refractivity contribution is 7.98. The average molecular weight is 437 g/mol. The Balaban J connectivity index is 1.63. The maximum Gasteiger partial charge on any atom is 0.270 e. The number of hydrogen-bond donors (Lipinski definition) is 1. The van der Waals surface area contributed by atoms with Gasteiger partial charge in [0.25, 0.3) is 5.56 Å². The largest absolute Gasteiger partial charge is 0.300 e. The Labute approximate surface area is 188 Å². The van der Waals surface area contributed by atoms with E-state index in [0.29, 0.717) is 27.9 Å². The minimum atomic E-state index is -0.477. The number of rotatable bonds is 6. The fourth-order valence-corrected chi connectivity index (χ4v) is 4.00. The number of nitrogens with zero attached hydrogens (tertiary/aromatic N) is 5. The summed E-state index contributed by atoms with van der Waals surface area (Å²) in [5.41, 5.74) is 12.7. The zero-order valence-electron chi connectivity index (χ0n) is 16.8. The second-order valence-electron chi connectivity index (χ2n) is 6.80. The summed E-state index contributed by atoms with van der Waals surface area (Å²) in [6, 6.07) is 26.7. The molecule has 0 aliphatic rings. The molecule has 1 heterocycles. The molecule has 0 aliphatic heterocycles. The number of aromatic amines is 1. The summed E-state index contributed by atoms with van der Waals surface area (Å²) in [7, 11) is 0. The van der Waals surface area contributed by atoms with Crippen LogP contribution in [0.5, 0.6) is 0 Å². The predicted molar refractivity (Wildman–Crippen MR) is 125 cm³/mol. The molecule has 4 rings (SSSR count). The standard InChI is InChI=1S/C24H16N6OS/c25-14-21-22(19-11-9-18(10-12-19)17-6-2-1-3-7-17)27-24(28-23(21)31)32-15-16-5-4-8-20(13-16)29-30-26/h1-13H,15H2,(H,27,28,31). The van der Waals surface area contributed by atoms with E-state index in [0.717, 1.165) is 16.7 Å². The molecule has 0 radical (unpaired) electrons. The first-order chi connectivity index (χ1) is 15.7. The third-order valence-electron chi connectivity index (χ3n) is 4.72. The van der Waals surface area contributed by atoms with E-state index in [1.54, 1.807) is 18.2 Å². The van der Waals surface area contributed by atoms with Crippen LogP contribution in [0, 0.1) is 11.3 Å². The van der Waals surface area contributed by atoms with Crippen molar-refractivity contribution in [1.82, 2.24) is 9.97 Å². The van der Waals surface area contributed by atoms with Gasteiger partial charge >= 0.3 is 0 Å². The summed E-state index contributed by atoms with van der Waals surface area (Å²) in [6.07, 6.45) is 0. The number of nitriles is 1. The molecule has 154 valence electrons. The van der Waals surface area contributed by atoms with Crippen LogP contribution in [0.15, 0.2) is 93.9 Å². The average Bonchev–Trinajstić information content (AvgIpc) is 2.83. The molecule has 1 N–H and O–H groups in total. The summed E-state index contributed by atoms with van der Waals surface area (Å²) in [4.78, 5) is 22.5. The molecule has 0 unspecified atom stereocenters. The maximum atomic E-state index is 12.5. The van der Waals surface area contributed by atoms with Crippen molar-refractivity contribution >= 4 is 17.4 Å². The van der Waals surface area contributed by atoms with Crippen molar-refractivity contribution in [3.05, 3.63) is 111 Å². The monoisotopic (exact) mass is 436 g/mol. The highest BCUT2D eigenvalue weighted by atomic mass is 32.2. The van der Waals surface area contributed by atoms with Crippen molar-refractivity contribution in [2.45, 2.75) is 10.9 Å². The lowest BCUT2D eigenvalue weighted by atomic mass is 10.0. The zero-order valence-corrected chi connectivity index (χ0v) is 17.6. The molecule has 0 spiro atoms. The van der Waals surface area contributed by atoms with E-state index in [1.165, 1.54) is 11.8 Å². The highest BCUT2D eigenvalue weighted by Gasteiger charge is 2.14. The Morgan fingerprint density at radius 2 is 1.72 bits per heavy atom. The lowest BCUT2D eigenvalue weighted by Crippen LogP contribution is -2.14. The van der Waals surface area contributed by atoms with Crippen LogP contribution < -0.4 is 5.56 Å². The van der Waals surface area contributed by atoms with Gasteiger partial charge in [-0.2, -0.15) is 5.26 Å². The first-order valence-corrected chi connectivity index (χ1v) is 10.6. The van der Waals surface area contributed by atoms with Crippen molar-refractivity contribution in [3.8, 4) is 28.5 Å². The van der Waals surface area contributed by atoms with Gasteiger partial charge in [0.15, 0.2) is 5.16 Å². The van der Waals surface area contributed by atoms with Gasteiger partial charge in [0.05, 0.1) is 5.69 Å². The van der Waals surface area contributed by atoms with Crippen LogP contribution in [0.3, 0.4) is 0 Å². The molecule has 32 heavy (non-hydrogen) atoms. The van der Waals surface area contributed by atoms with Gasteiger partial charge in [0.2, 0.25) is 0 Å². The van der Waals surface area contributed by atoms with E-state index in [9.17, 15) is 10.1 Å². The molecular formula is C24H16N6OS. The number of thioether (sulfide) groups is 1. The van der Waals surface area contributed by atoms with Gasteiger partial charge in [0, 0.05) is 21.9 Å². The second-order valence-corrected chi connectivity index (χ2v) is 7.76. The third-order valence-corrected chi connectivity index (χ3v) is 5.67. The van der Waals surface area contributed by atoms with Gasteiger partial charge in [-0.3, -0.25) is 4.79 Å². The lowest BCUT2D eigenvalue weighted by molar-refractivity contribution is 0.934. The van der Waals surface area contributed by atoms with Crippen molar-refractivity contribution in [2.24, 2.45) is 5.11 Å². The van der Waals surface area contributed by atoms with Crippen LogP contribution in [0.2, 0.25) is 0 Å². The minimum absolute atomic E-state index is 0.0211. The van der Waals surface area contributed by atoms with Gasteiger partial charge < -0.3 is 4.98 Å². The molecule has 1 aromatic heterocycles. The fourth-order valence-electron chi connectivity index (χ4n) is 3.20. The molecule has 4 aromatic rings. The second kappa shape index (κ2) is 9.67. The summed E-state index contributed by atoms with van der Waals surface area (Å²) >= 11 is 1.33. The first-order valence-electron chi connectivity index (χ1n) is 9.65. The first kappa shape index (κ1) is 20.9. The molecule has 0 saturated carbocycles. The van der Waals surface area contributed by atoms with Crippen molar-refractivity contribution < 1.29 is 0 Å². The summed E-state index contributed by atoms with van der Waals surface area (Å²) in [6.45, 7) is 0. The Kier molecular flexibility index (Phi) is 6.33. The molecule has 0 amide bonds. The van der Waals surface area contributed by atoms with Crippen LogP contribution in [-0.2, 0) is 5.75 Å². The molecule has 7 nitrogen and oxygen atoms in total. The van der Waals surface area contributed by atoms with Crippen molar-refractivity contribution in [3.63, 3.8) is 0 Å². The number of benzene rings is 3. The number of azide groups is 1. The topological polar surface area (TPSA) is 118 Å². The van der Waals surface area contributed by atoms with Gasteiger partial charge in [-0.05, 0) is 28.3 Å². The third kappa shape index (κ3) is 4.71. The number of aromatic nitrogens is 2. The van der Waals surface area contributed by atoms with Crippen LogP contribution in [0.25, 0.3) is 32.8 Å². The number of H-pyrrole nitrogens is 1. The smallest absolute Gasteiger partial charge is 0.270 e. The Morgan fingerprint density at radius 3 is 2.44 bits per heavy atom. The van der Waals surface area contributed by atoms with Crippen LogP contribution in [-0.4, -0.2) is 9.97 Å². The van der Waals surface area contributed by atoms with E-state index in [4.69, 9.17) is 5.53 Å². The quantitative estimate of drug-likeness (QED) is 0.127. The zero-order chi connectivity index (χ0) is 22.3. The van der Waals surface area contributed by atoms with Gasteiger partial charge in [-0.25, -0.2) is 4.98 Å². The van der Waals surface area contributed by atoms with Crippen molar-refractivity contribution in [1.29, 1.82) is 5.26 Å². The van der Waals surface area contributed by atoms with E-state index >= 15 is 0 Å². The molecule has 3 aromatic carbocycles. The Hall–Kier alpha value is -4.31. The number of nitrogens with one attached hydrogen (secondary N) is 1. The summed E-state index contributed by atoms with van der Waals surface area (Å²) in [5, 5.41) is 13.5. The van der Waals surface area contributed by atoms with Crippen LogP contribution >= 0.6 is 11.8 Å². The predicted octanol–water partition coefficient (Wildman–Crippen LogP) is 6.21. The van der Waals surface area contributed by atoms with Crippen LogP contribution in [0.1, 0.15) is 11.1 Å². The van der Waals surface area contributed by atoms with E-state index < -0.39 is 5.56 Å². The molecule has 0 saturated heterocycles.